The molecule has 0 radical (unpaired) electrons. The molecule has 84 valence electrons. The van der Waals surface area contributed by atoms with Gasteiger partial charge in [0.1, 0.15) is 0 Å². The van der Waals surface area contributed by atoms with E-state index in [-0.39, 0.29) is 0 Å². The Kier molecular flexibility index (Phi) is 4.00. The zero-order valence-corrected chi connectivity index (χ0v) is 10.2. The number of nitrogens with one attached hydrogen (secondary N) is 1. The minimum atomic E-state index is 0.411. The standard InChI is InChI=1S/C11H20N4/c1-6-10(7(2)3)13-11-12-8(4)9(5)14-15-11/h7,10H,6H2,1-5H3,(H,12,13,15). The zero-order chi connectivity index (χ0) is 11.4. The van der Waals surface area contributed by atoms with Gasteiger partial charge in [-0.3, -0.25) is 0 Å². The highest BCUT2D eigenvalue weighted by Gasteiger charge is 2.12. The van der Waals surface area contributed by atoms with Gasteiger partial charge in [0.2, 0.25) is 5.95 Å². The first-order chi connectivity index (χ1) is 7.04. The summed E-state index contributed by atoms with van der Waals surface area (Å²) in [6, 6.07) is 0.411. The van der Waals surface area contributed by atoms with E-state index >= 15 is 0 Å². The van der Waals surface area contributed by atoms with Crippen LogP contribution in [0.25, 0.3) is 0 Å². The Bertz CT molecular complexity index is 322. The van der Waals surface area contributed by atoms with E-state index in [9.17, 15) is 0 Å². The maximum atomic E-state index is 4.36. The van der Waals surface area contributed by atoms with Crippen molar-refractivity contribution in [2.24, 2.45) is 5.92 Å². The number of rotatable bonds is 4. The van der Waals surface area contributed by atoms with Gasteiger partial charge >= 0.3 is 0 Å². The molecule has 0 saturated heterocycles. The first-order valence-electron chi connectivity index (χ1n) is 5.49. The van der Waals surface area contributed by atoms with Gasteiger partial charge in [0.25, 0.3) is 0 Å². The summed E-state index contributed by atoms with van der Waals surface area (Å²) in [5.41, 5.74) is 1.82. The topological polar surface area (TPSA) is 50.7 Å². The number of hydrogen-bond donors (Lipinski definition) is 1. The van der Waals surface area contributed by atoms with Gasteiger partial charge in [-0.1, -0.05) is 20.8 Å². The highest BCUT2D eigenvalue weighted by molar-refractivity contribution is 5.26. The monoisotopic (exact) mass is 208 g/mol. The molecule has 0 bridgehead atoms. The molecule has 0 fully saturated rings. The second-order valence-electron chi connectivity index (χ2n) is 4.21. The molecule has 1 aromatic heterocycles. The zero-order valence-electron chi connectivity index (χ0n) is 10.2. The summed E-state index contributed by atoms with van der Waals surface area (Å²) < 4.78 is 0. The lowest BCUT2D eigenvalue weighted by atomic mass is 10.0. The van der Waals surface area contributed by atoms with Gasteiger partial charge in [0, 0.05) is 6.04 Å². The number of aromatic nitrogens is 3. The third-order valence-corrected chi connectivity index (χ3v) is 2.65. The van der Waals surface area contributed by atoms with Gasteiger partial charge in [-0.05, 0) is 26.2 Å². The Hall–Kier alpha value is -1.19. The minimum Gasteiger partial charge on any atom is -0.350 e. The van der Waals surface area contributed by atoms with Crippen LogP contribution in [0.3, 0.4) is 0 Å². The fraction of sp³-hybridized carbons (Fsp3) is 0.727. The third-order valence-electron chi connectivity index (χ3n) is 2.65. The maximum absolute atomic E-state index is 4.36. The molecule has 4 heteroatoms. The predicted octanol–water partition coefficient (Wildman–Crippen LogP) is 2.33. The lowest BCUT2D eigenvalue weighted by Gasteiger charge is -2.20. The number of anilines is 1. The van der Waals surface area contributed by atoms with Crippen LogP contribution in [0.2, 0.25) is 0 Å². The van der Waals surface area contributed by atoms with Crippen molar-refractivity contribution in [3.63, 3.8) is 0 Å². The molecule has 1 heterocycles. The molecule has 0 aliphatic heterocycles. The summed E-state index contributed by atoms with van der Waals surface area (Å²) in [6.45, 7) is 10.4. The van der Waals surface area contributed by atoms with Gasteiger partial charge < -0.3 is 5.32 Å². The summed E-state index contributed by atoms with van der Waals surface area (Å²) >= 11 is 0. The molecule has 15 heavy (non-hydrogen) atoms. The second kappa shape index (κ2) is 5.05. The van der Waals surface area contributed by atoms with E-state index in [4.69, 9.17) is 0 Å². The highest BCUT2D eigenvalue weighted by Crippen LogP contribution is 2.11. The van der Waals surface area contributed by atoms with Gasteiger partial charge in [-0.25, -0.2) is 4.98 Å². The van der Waals surface area contributed by atoms with Crippen molar-refractivity contribution in [1.82, 2.24) is 15.2 Å². The van der Waals surface area contributed by atoms with E-state index in [1.165, 1.54) is 0 Å². The summed E-state index contributed by atoms with van der Waals surface area (Å²) in [4.78, 5) is 4.36. The van der Waals surface area contributed by atoms with Crippen LogP contribution in [-0.4, -0.2) is 21.2 Å². The van der Waals surface area contributed by atoms with Gasteiger partial charge in [0.05, 0.1) is 11.4 Å². The largest absolute Gasteiger partial charge is 0.350 e. The quantitative estimate of drug-likeness (QED) is 0.825. The summed E-state index contributed by atoms with van der Waals surface area (Å²) in [6.07, 6.45) is 1.06. The molecule has 0 aliphatic rings. The van der Waals surface area contributed by atoms with Crippen molar-refractivity contribution in [3.8, 4) is 0 Å². The Balaban J connectivity index is 2.75. The van der Waals surface area contributed by atoms with E-state index in [0.717, 1.165) is 17.8 Å². The van der Waals surface area contributed by atoms with Crippen LogP contribution in [0.15, 0.2) is 0 Å². The van der Waals surface area contributed by atoms with E-state index in [0.29, 0.717) is 17.9 Å². The molecule has 0 amide bonds. The molecular formula is C11H20N4. The Morgan fingerprint density at radius 2 is 1.80 bits per heavy atom. The van der Waals surface area contributed by atoms with Crippen LogP contribution in [0.5, 0.6) is 0 Å². The average molecular weight is 208 g/mol. The van der Waals surface area contributed by atoms with Crippen LogP contribution >= 0.6 is 0 Å². The van der Waals surface area contributed by atoms with E-state index < -0.39 is 0 Å². The molecule has 1 rings (SSSR count). The lowest BCUT2D eigenvalue weighted by Crippen LogP contribution is -2.26. The molecule has 4 nitrogen and oxygen atoms in total. The van der Waals surface area contributed by atoms with Crippen LogP contribution in [0, 0.1) is 19.8 Å². The first-order valence-corrected chi connectivity index (χ1v) is 5.49. The molecule has 1 aromatic rings. The molecule has 0 spiro atoms. The van der Waals surface area contributed by atoms with Crippen molar-refractivity contribution < 1.29 is 0 Å². The first kappa shape index (κ1) is 11.9. The fourth-order valence-electron chi connectivity index (χ4n) is 1.42. The van der Waals surface area contributed by atoms with Crippen molar-refractivity contribution in [2.75, 3.05) is 5.32 Å². The van der Waals surface area contributed by atoms with Crippen molar-refractivity contribution in [3.05, 3.63) is 11.4 Å². The normalized spacial score (nSPS) is 12.9. The maximum Gasteiger partial charge on any atom is 0.243 e. The summed E-state index contributed by atoms with van der Waals surface area (Å²) in [5.74, 6) is 1.21. The lowest BCUT2D eigenvalue weighted by molar-refractivity contribution is 0.507. The smallest absolute Gasteiger partial charge is 0.243 e. The van der Waals surface area contributed by atoms with Gasteiger partial charge in [0.15, 0.2) is 0 Å². The molecular weight excluding hydrogens is 188 g/mol. The molecule has 1 N–H and O–H groups in total. The molecule has 0 aromatic carbocycles. The van der Waals surface area contributed by atoms with Crippen LogP contribution in [0.4, 0.5) is 5.95 Å². The average Bonchev–Trinajstić information content (AvgIpc) is 2.19. The number of hydrogen-bond acceptors (Lipinski definition) is 4. The second-order valence-corrected chi connectivity index (χ2v) is 4.21. The van der Waals surface area contributed by atoms with Crippen molar-refractivity contribution in [1.29, 1.82) is 0 Å². The van der Waals surface area contributed by atoms with Crippen molar-refractivity contribution >= 4 is 5.95 Å². The van der Waals surface area contributed by atoms with Crippen LogP contribution < -0.4 is 5.32 Å². The van der Waals surface area contributed by atoms with Gasteiger partial charge in [-0.15, -0.1) is 5.10 Å². The Morgan fingerprint density at radius 1 is 1.13 bits per heavy atom. The minimum absolute atomic E-state index is 0.411. The fourth-order valence-corrected chi connectivity index (χ4v) is 1.42. The predicted molar refractivity (Wildman–Crippen MR) is 61.8 cm³/mol. The van der Waals surface area contributed by atoms with E-state index in [1.807, 2.05) is 13.8 Å². The molecule has 1 unspecified atom stereocenters. The Morgan fingerprint density at radius 3 is 2.27 bits per heavy atom. The van der Waals surface area contributed by atoms with Crippen LogP contribution in [0.1, 0.15) is 38.6 Å². The molecule has 1 atom stereocenters. The number of aryl methyl sites for hydroxylation is 2. The SMILES string of the molecule is CCC(Nc1nnc(C)c(C)n1)C(C)C. The number of nitrogens with zero attached hydrogens (tertiary/aromatic N) is 3. The molecule has 0 aliphatic carbocycles. The van der Waals surface area contributed by atoms with Gasteiger partial charge in [-0.2, -0.15) is 5.10 Å². The van der Waals surface area contributed by atoms with Crippen molar-refractivity contribution in [2.45, 2.75) is 47.1 Å². The highest BCUT2D eigenvalue weighted by atomic mass is 15.2. The molecule has 0 saturated carbocycles. The third kappa shape index (κ3) is 3.15. The van der Waals surface area contributed by atoms with E-state index in [2.05, 4.69) is 41.3 Å². The van der Waals surface area contributed by atoms with Crippen LogP contribution in [-0.2, 0) is 0 Å². The summed E-state index contributed by atoms with van der Waals surface area (Å²) in [7, 11) is 0. The summed E-state index contributed by atoms with van der Waals surface area (Å²) in [5, 5.41) is 11.4. The Labute approximate surface area is 91.5 Å². The van der Waals surface area contributed by atoms with E-state index in [1.54, 1.807) is 0 Å².